The Morgan fingerprint density at radius 1 is 1.00 bits per heavy atom. The molecule has 0 bridgehead atoms. The van der Waals surface area contributed by atoms with Crippen molar-refractivity contribution in [3.05, 3.63) is 0 Å². The molecule has 0 aromatic heterocycles. The molecule has 0 aromatic carbocycles. The van der Waals surface area contributed by atoms with Crippen molar-refractivity contribution >= 4 is 15.8 Å². The van der Waals surface area contributed by atoms with Crippen molar-refractivity contribution in [2.75, 3.05) is 26.7 Å². The SMILES string of the molecule is CC1CCC(C(C)C)C(P(C)C)(P(C)C)C1. The zero-order valence-electron chi connectivity index (χ0n) is 12.2. The van der Waals surface area contributed by atoms with E-state index >= 15 is 0 Å². The van der Waals surface area contributed by atoms with Crippen molar-refractivity contribution in [3.63, 3.8) is 0 Å². The molecule has 0 radical (unpaired) electrons. The Kier molecular flexibility index (Phi) is 5.28. The maximum atomic E-state index is 2.53. The molecule has 0 nitrogen and oxygen atoms in total. The monoisotopic (exact) mass is 260 g/mol. The van der Waals surface area contributed by atoms with Crippen molar-refractivity contribution in [2.24, 2.45) is 17.8 Å². The van der Waals surface area contributed by atoms with Crippen molar-refractivity contribution in [1.29, 1.82) is 0 Å². The molecular weight excluding hydrogens is 230 g/mol. The molecule has 0 N–H and O–H groups in total. The van der Waals surface area contributed by atoms with E-state index in [0.717, 1.165) is 22.7 Å². The van der Waals surface area contributed by atoms with Crippen LogP contribution in [0.5, 0.6) is 0 Å². The molecule has 1 fully saturated rings. The molecule has 1 saturated carbocycles. The highest BCUT2D eigenvalue weighted by molar-refractivity contribution is 7.76. The normalized spacial score (nSPS) is 30.4. The van der Waals surface area contributed by atoms with Gasteiger partial charge in [0.05, 0.1) is 0 Å². The standard InChI is InChI=1S/C14H30P2/c1-11(2)13-9-8-12(3)10-14(13,15(4)5)16(6)7/h11-13H,8-10H2,1-7H3. The molecular formula is C14H30P2. The first-order valence-electron chi connectivity index (χ1n) is 6.67. The van der Waals surface area contributed by atoms with Gasteiger partial charge in [0.25, 0.3) is 0 Å². The van der Waals surface area contributed by atoms with E-state index in [4.69, 9.17) is 0 Å². The van der Waals surface area contributed by atoms with Gasteiger partial charge in [-0.2, -0.15) is 0 Å². The average Bonchev–Trinajstić information content (AvgIpc) is 2.15. The molecule has 1 aliphatic rings. The van der Waals surface area contributed by atoms with E-state index in [0.29, 0.717) is 0 Å². The summed E-state index contributed by atoms with van der Waals surface area (Å²) < 4.78 is 0. The Balaban J connectivity index is 3.06. The van der Waals surface area contributed by atoms with Crippen LogP contribution >= 0.6 is 15.8 Å². The smallest absolute Gasteiger partial charge is 0.0129 e. The van der Waals surface area contributed by atoms with Crippen LogP contribution in [0.25, 0.3) is 0 Å². The summed E-state index contributed by atoms with van der Waals surface area (Å²) in [6, 6.07) is 0. The molecule has 2 unspecified atom stereocenters. The topological polar surface area (TPSA) is 0 Å². The lowest BCUT2D eigenvalue weighted by molar-refractivity contribution is 0.220. The first-order chi connectivity index (χ1) is 7.32. The highest BCUT2D eigenvalue weighted by atomic mass is 31.2. The van der Waals surface area contributed by atoms with Gasteiger partial charge in [-0.1, -0.05) is 27.2 Å². The van der Waals surface area contributed by atoms with Crippen LogP contribution in [0.3, 0.4) is 0 Å². The Morgan fingerprint density at radius 2 is 1.50 bits per heavy atom. The second-order valence-corrected chi connectivity index (χ2v) is 11.9. The largest absolute Gasteiger partial charge is 0.102 e. The third-order valence-corrected chi connectivity index (χ3v) is 11.1. The molecule has 0 amide bonds. The Hall–Kier alpha value is 0.860. The lowest BCUT2D eigenvalue weighted by atomic mass is 9.76. The van der Waals surface area contributed by atoms with E-state index in [1.54, 1.807) is 0 Å². The fraction of sp³-hybridized carbons (Fsp3) is 1.00. The first-order valence-corrected chi connectivity index (χ1v) is 11.1. The molecule has 1 rings (SSSR count). The Morgan fingerprint density at radius 3 is 1.88 bits per heavy atom. The average molecular weight is 260 g/mol. The molecule has 0 aromatic rings. The zero-order chi connectivity index (χ0) is 12.5. The van der Waals surface area contributed by atoms with Gasteiger partial charge >= 0.3 is 0 Å². The first kappa shape index (κ1) is 14.9. The molecule has 16 heavy (non-hydrogen) atoms. The van der Waals surface area contributed by atoms with E-state index in [9.17, 15) is 0 Å². The van der Waals surface area contributed by atoms with Crippen LogP contribution in [0.15, 0.2) is 0 Å². The van der Waals surface area contributed by atoms with Gasteiger partial charge in [0, 0.05) is 4.90 Å². The van der Waals surface area contributed by atoms with Crippen LogP contribution in [0, 0.1) is 17.8 Å². The Labute approximate surface area is 105 Å². The molecule has 2 atom stereocenters. The van der Waals surface area contributed by atoms with Crippen molar-refractivity contribution < 1.29 is 0 Å². The summed E-state index contributed by atoms with van der Waals surface area (Å²) in [5.74, 6) is 2.83. The lowest BCUT2D eigenvalue weighted by Gasteiger charge is -2.54. The van der Waals surface area contributed by atoms with Gasteiger partial charge in [-0.05, 0) is 57.3 Å². The maximum absolute atomic E-state index is 2.53. The molecule has 1 aliphatic carbocycles. The van der Waals surface area contributed by atoms with Crippen LogP contribution < -0.4 is 0 Å². The van der Waals surface area contributed by atoms with E-state index in [-0.39, 0.29) is 15.8 Å². The minimum atomic E-state index is 0.188. The quantitative estimate of drug-likeness (QED) is 0.607. The number of rotatable bonds is 3. The van der Waals surface area contributed by atoms with E-state index in [2.05, 4.69) is 47.4 Å². The summed E-state index contributed by atoms with van der Waals surface area (Å²) in [6.07, 6.45) is 4.46. The van der Waals surface area contributed by atoms with Crippen LogP contribution in [0.2, 0.25) is 0 Å². The second kappa shape index (κ2) is 5.67. The molecule has 0 aliphatic heterocycles. The van der Waals surface area contributed by atoms with Gasteiger partial charge in [0.1, 0.15) is 0 Å². The fourth-order valence-corrected chi connectivity index (χ4v) is 10.5. The summed E-state index contributed by atoms with van der Waals surface area (Å²) in [4.78, 5) is 0.719. The van der Waals surface area contributed by atoms with Crippen molar-refractivity contribution in [3.8, 4) is 0 Å². The summed E-state index contributed by atoms with van der Waals surface area (Å²) in [5, 5.41) is 0. The Bertz CT molecular complexity index is 213. The molecule has 2 heteroatoms. The summed E-state index contributed by atoms with van der Waals surface area (Å²) in [7, 11) is 0.376. The van der Waals surface area contributed by atoms with Crippen molar-refractivity contribution in [1.82, 2.24) is 0 Å². The van der Waals surface area contributed by atoms with E-state index in [1.165, 1.54) is 19.3 Å². The van der Waals surface area contributed by atoms with Crippen LogP contribution in [-0.2, 0) is 0 Å². The van der Waals surface area contributed by atoms with Gasteiger partial charge in [-0.3, -0.25) is 0 Å². The van der Waals surface area contributed by atoms with Crippen LogP contribution in [0.1, 0.15) is 40.0 Å². The lowest BCUT2D eigenvalue weighted by Crippen LogP contribution is -2.42. The third-order valence-electron chi connectivity index (χ3n) is 4.57. The van der Waals surface area contributed by atoms with Crippen molar-refractivity contribution in [2.45, 2.75) is 44.9 Å². The predicted molar refractivity (Wildman–Crippen MR) is 81.6 cm³/mol. The molecule has 0 saturated heterocycles. The fourth-order valence-electron chi connectivity index (χ4n) is 3.76. The number of hydrogen-bond donors (Lipinski definition) is 0. The molecule has 96 valence electrons. The second-order valence-electron chi connectivity index (χ2n) is 6.40. The minimum Gasteiger partial charge on any atom is -0.102 e. The summed E-state index contributed by atoms with van der Waals surface area (Å²) >= 11 is 0. The summed E-state index contributed by atoms with van der Waals surface area (Å²) in [5.41, 5.74) is 0. The molecule has 0 spiro atoms. The van der Waals surface area contributed by atoms with E-state index in [1.807, 2.05) is 0 Å². The summed E-state index contributed by atoms with van der Waals surface area (Å²) in [6.45, 7) is 17.5. The predicted octanol–water partition coefficient (Wildman–Crippen LogP) is 5.26. The van der Waals surface area contributed by atoms with E-state index < -0.39 is 0 Å². The highest BCUT2D eigenvalue weighted by Gasteiger charge is 2.48. The van der Waals surface area contributed by atoms with Gasteiger partial charge in [0.2, 0.25) is 0 Å². The maximum Gasteiger partial charge on any atom is 0.0129 e. The van der Waals surface area contributed by atoms with Gasteiger partial charge in [-0.15, -0.1) is 15.8 Å². The van der Waals surface area contributed by atoms with Crippen LogP contribution in [0.4, 0.5) is 0 Å². The highest BCUT2D eigenvalue weighted by Crippen LogP contribution is 2.70. The zero-order valence-corrected chi connectivity index (χ0v) is 14.0. The van der Waals surface area contributed by atoms with Gasteiger partial charge in [0.15, 0.2) is 0 Å². The molecule has 0 heterocycles. The minimum absolute atomic E-state index is 0.188. The third kappa shape index (κ3) is 2.64. The van der Waals surface area contributed by atoms with Gasteiger partial charge in [-0.25, -0.2) is 0 Å². The number of hydrogen-bond acceptors (Lipinski definition) is 0. The van der Waals surface area contributed by atoms with Gasteiger partial charge < -0.3 is 0 Å². The van der Waals surface area contributed by atoms with Crippen LogP contribution in [-0.4, -0.2) is 31.6 Å².